The van der Waals surface area contributed by atoms with Crippen LogP contribution < -0.4 is 14.8 Å². The van der Waals surface area contributed by atoms with Gasteiger partial charge in [-0.2, -0.15) is 0 Å². The van der Waals surface area contributed by atoms with E-state index in [1.165, 1.54) is 5.56 Å². The predicted molar refractivity (Wildman–Crippen MR) is 139 cm³/mol. The zero-order valence-electron chi connectivity index (χ0n) is 22.7. The molecule has 1 aromatic rings. The Morgan fingerprint density at radius 2 is 1.78 bits per heavy atom. The monoisotopic (exact) mass is 516 g/mol. The van der Waals surface area contributed by atoms with E-state index in [4.69, 9.17) is 14.2 Å². The van der Waals surface area contributed by atoms with E-state index < -0.39 is 23.9 Å². The van der Waals surface area contributed by atoms with Gasteiger partial charge in [-0.1, -0.05) is 27.7 Å². The molecule has 2 N–H and O–H groups in total. The van der Waals surface area contributed by atoms with Crippen LogP contribution in [0.1, 0.15) is 57.7 Å². The topological polar surface area (TPSA) is 114 Å². The number of rotatable bonds is 10. The van der Waals surface area contributed by atoms with Crippen molar-refractivity contribution in [3.63, 3.8) is 0 Å². The van der Waals surface area contributed by atoms with Crippen LogP contribution in [0.25, 0.3) is 0 Å². The fourth-order valence-corrected chi connectivity index (χ4v) is 5.43. The number of methoxy groups -OCH3 is 2. The molecule has 204 valence electrons. The third-order valence-corrected chi connectivity index (χ3v) is 7.21. The van der Waals surface area contributed by atoms with E-state index in [-0.39, 0.29) is 24.0 Å². The summed E-state index contributed by atoms with van der Waals surface area (Å²) in [7, 11) is 3.25. The average molecular weight is 517 g/mol. The molecule has 2 heterocycles. The summed E-state index contributed by atoms with van der Waals surface area (Å²) in [6, 6.07) is 3.12. The summed E-state index contributed by atoms with van der Waals surface area (Å²) in [5.41, 5.74) is 2.37. The van der Waals surface area contributed by atoms with Gasteiger partial charge in [0.1, 0.15) is 12.1 Å². The quantitative estimate of drug-likeness (QED) is 0.359. The van der Waals surface area contributed by atoms with E-state index in [9.17, 15) is 19.5 Å². The van der Waals surface area contributed by atoms with Gasteiger partial charge >= 0.3 is 11.9 Å². The lowest BCUT2D eigenvalue weighted by molar-refractivity contribution is -0.151. The van der Waals surface area contributed by atoms with Crippen LogP contribution in [0.15, 0.2) is 24.3 Å². The van der Waals surface area contributed by atoms with Crippen molar-refractivity contribution in [1.82, 2.24) is 10.2 Å². The Hall–Kier alpha value is -3.07. The van der Waals surface area contributed by atoms with Gasteiger partial charge in [0.15, 0.2) is 11.5 Å². The summed E-state index contributed by atoms with van der Waals surface area (Å²) >= 11 is 0. The number of ether oxygens (including phenoxy) is 3. The van der Waals surface area contributed by atoms with Crippen LogP contribution in [-0.2, 0) is 25.5 Å². The number of carbonyl (C=O) groups excluding carboxylic acids is 2. The molecule has 0 aromatic heterocycles. The van der Waals surface area contributed by atoms with E-state index in [2.05, 4.69) is 24.1 Å². The zero-order chi connectivity index (χ0) is 27.3. The number of fused-ring (bicyclic) bond motifs is 3. The molecule has 2 aliphatic rings. The van der Waals surface area contributed by atoms with E-state index in [0.29, 0.717) is 23.8 Å². The van der Waals surface area contributed by atoms with Gasteiger partial charge in [0, 0.05) is 43.6 Å². The van der Waals surface area contributed by atoms with Crippen LogP contribution in [0.4, 0.5) is 0 Å². The molecule has 0 saturated carbocycles. The molecule has 0 aliphatic carbocycles. The third-order valence-electron chi connectivity index (χ3n) is 7.21. The highest BCUT2D eigenvalue weighted by molar-refractivity contribution is 5.96. The predicted octanol–water partition coefficient (Wildman–Crippen LogP) is 3.36. The Kier molecular flexibility index (Phi) is 9.59. The molecule has 0 spiro atoms. The number of carboxylic acids is 1. The standard InChI is InChI=1S/C28H40N2O7/c1-16(2)11-19-15-30-10-9-18-12-23(35-5)24(36-6)13-20(18)21(30)14-22(19)37-26(32)8-7-25(31)29-27(17(3)4)28(33)34/h7-8,12-13,16-17,19,21-22,27H,9-11,14-15H2,1-6H3,(H,29,31)(H,33,34)/b8-7+/t19-,21-,22-,27?/m1/s1. The lowest BCUT2D eigenvalue weighted by Gasteiger charge is -2.47. The van der Waals surface area contributed by atoms with E-state index in [1.807, 2.05) is 12.1 Å². The minimum absolute atomic E-state index is 0.0828. The highest BCUT2D eigenvalue weighted by atomic mass is 16.5. The summed E-state index contributed by atoms with van der Waals surface area (Å²) in [6.07, 6.45) is 4.27. The van der Waals surface area contributed by atoms with Gasteiger partial charge in [0.05, 0.1) is 14.2 Å². The second kappa shape index (κ2) is 12.4. The van der Waals surface area contributed by atoms with Gasteiger partial charge in [-0.15, -0.1) is 0 Å². The molecule has 1 unspecified atom stereocenters. The van der Waals surface area contributed by atoms with Crippen molar-refractivity contribution in [2.75, 3.05) is 27.3 Å². The number of aliphatic carboxylic acids is 1. The maximum atomic E-state index is 12.7. The van der Waals surface area contributed by atoms with Gasteiger partial charge in [-0.25, -0.2) is 9.59 Å². The number of nitrogens with zero attached hydrogens (tertiary/aromatic N) is 1. The minimum atomic E-state index is -1.12. The maximum Gasteiger partial charge on any atom is 0.331 e. The van der Waals surface area contributed by atoms with Crippen molar-refractivity contribution in [3.8, 4) is 11.5 Å². The third kappa shape index (κ3) is 7.03. The summed E-state index contributed by atoms with van der Waals surface area (Å²) in [5, 5.41) is 11.7. The normalized spacial score (nSPS) is 22.3. The molecule has 0 radical (unpaired) electrons. The Bertz CT molecular complexity index is 1020. The van der Waals surface area contributed by atoms with Crippen LogP contribution in [0.2, 0.25) is 0 Å². The lowest BCUT2D eigenvalue weighted by Crippen LogP contribution is -2.49. The molecule has 2 aliphatic heterocycles. The first-order valence-electron chi connectivity index (χ1n) is 12.9. The fourth-order valence-electron chi connectivity index (χ4n) is 5.43. The Balaban J connectivity index is 1.76. The molecule has 1 amide bonds. The molecule has 9 nitrogen and oxygen atoms in total. The summed E-state index contributed by atoms with van der Waals surface area (Å²) in [6.45, 7) is 9.45. The van der Waals surface area contributed by atoms with Crippen LogP contribution in [0.5, 0.6) is 11.5 Å². The number of hydrogen-bond donors (Lipinski definition) is 2. The number of nitrogens with one attached hydrogen (secondary N) is 1. The van der Waals surface area contributed by atoms with Gasteiger partial charge in [-0.3, -0.25) is 9.69 Å². The molecule has 1 saturated heterocycles. The molecule has 1 aromatic carbocycles. The number of esters is 1. The smallest absolute Gasteiger partial charge is 0.331 e. The van der Waals surface area contributed by atoms with Gasteiger partial charge in [0.2, 0.25) is 5.91 Å². The van der Waals surface area contributed by atoms with E-state index >= 15 is 0 Å². The maximum absolute atomic E-state index is 12.7. The lowest BCUT2D eigenvalue weighted by atomic mass is 9.79. The molecule has 3 rings (SSSR count). The highest BCUT2D eigenvalue weighted by Crippen LogP contribution is 2.44. The van der Waals surface area contributed by atoms with Gasteiger partial charge in [-0.05, 0) is 47.9 Å². The number of carbonyl (C=O) groups is 3. The first kappa shape index (κ1) is 28.5. The first-order chi connectivity index (χ1) is 17.5. The molecule has 37 heavy (non-hydrogen) atoms. The fraction of sp³-hybridized carbons (Fsp3) is 0.607. The second-order valence-electron chi connectivity index (χ2n) is 10.7. The number of carboxylic acid groups (broad SMARTS) is 1. The minimum Gasteiger partial charge on any atom is -0.493 e. The van der Waals surface area contributed by atoms with Crippen molar-refractivity contribution >= 4 is 17.8 Å². The Labute approximate surface area is 219 Å². The van der Waals surface area contributed by atoms with Gasteiger partial charge < -0.3 is 24.6 Å². The Morgan fingerprint density at radius 3 is 2.38 bits per heavy atom. The average Bonchev–Trinajstić information content (AvgIpc) is 2.84. The number of piperidine rings is 1. The van der Waals surface area contributed by atoms with Crippen molar-refractivity contribution in [1.29, 1.82) is 0 Å². The van der Waals surface area contributed by atoms with Crippen LogP contribution in [0, 0.1) is 17.8 Å². The first-order valence-corrected chi connectivity index (χ1v) is 12.9. The van der Waals surface area contributed by atoms with Crippen molar-refractivity contribution in [3.05, 3.63) is 35.4 Å². The Morgan fingerprint density at radius 1 is 1.11 bits per heavy atom. The number of hydrogen-bond acceptors (Lipinski definition) is 7. The van der Waals surface area contributed by atoms with Crippen LogP contribution in [0.3, 0.4) is 0 Å². The van der Waals surface area contributed by atoms with Crippen molar-refractivity contribution < 1.29 is 33.7 Å². The van der Waals surface area contributed by atoms with Crippen molar-refractivity contribution in [2.24, 2.45) is 17.8 Å². The molecular weight excluding hydrogens is 476 g/mol. The highest BCUT2D eigenvalue weighted by Gasteiger charge is 2.41. The second-order valence-corrected chi connectivity index (χ2v) is 10.7. The number of amides is 1. The van der Waals surface area contributed by atoms with E-state index in [1.54, 1.807) is 28.1 Å². The summed E-state index contributed by atoms with van der Waals surface area (Å²) in [5.74, 6) is -0.676. The molecule has 0 bridgehead atoms. The van der Waals surface area contributed by atoms with Gasteiger partial charge in [0.25, 0.3) is 0 Å². The van der Waals surface area contributed by atoms with E-state index in [0.717, 1.165) is 43.6 Å². The summed E-state index contributed by atoms with van der Waals surface area (Å²) < 4.78 is 17.0. The van der Waals surface area contributed by atoms with Crippen molar-refractivity contribution in [2.45, 2.75) is 65.1 Å². The van der Waals surface area contributed by atoms with Crippen LogP contribution in [-0.4, -0.2) is 67.3 Å². The summed E-state index contributed by atoms with van der Waals surface area (Å²) in [4.78, 5) is 38.7. The largest absolute Gasteiger partial charge is 0.493 e. The number of benzene rings is 1. The SMILES string of the molecule is COc1cc2c(cc1OC)[C@H]1C[C@@H](OC(=O)/C=C/C(=O)NC(C(=O)O)C(C)C)[C@H](CC(C)C)CN1CC2. The molecule has 1 fully saturated rings. The molecule has 4 atom stereocenters. The zero-order valence-corrected chi connectivity index (χ0v) is 22.7. The molecular formula is C28H40N2O7. The molecule has 9 heteroatoms. The van der Waals surface area contributed by atoms with Crippen LogP contribution >= 0.6 is 0 Å².